The third-order valence-electron chi connectivity index (χ3n) is 4.55. The Kier molecular flexibility index (Phi) is 4.52. The highest BCUT2D eigenvalue weighted by molar-refractivity contribution is 6.02. The third kappa shape index (κ3) is 3.52. The largest absolute Gasteiger partial charge is 0.367 e. The molecule has 1 fully saturated rings. The van der Waals surface area contributed by atoms with Crippen LogP contribution in [0.2, 0.25) is 0 Å². The van der Waals surface area contributed by atoms with Crippen molar-refractivity contribution in [3.8, 4) is 0 Å². The van der Waals surface area contributed by atoms with Crippen LogP contribution in [0.3, 0.4) is 0 Å². The van der Waals surface area contributed by atoms with Crippen molar-refractivity contribution in [3.63, 3.8) is 0 Å². The van der Waals surface area contributed by atoms with Gasteiger partial charge >= 0.3 is 0 Å². The number of hydrogen-bond donors (Lipinski definition) is 0. The van der Waals surface area contributed by atoms with E-state index in [2.05, 4.69) is 13.8 Å². The first-order valence-corrected chi connectivity index (χ1v) is 7.74. The summed E-state index contributed by atoms with van der Waals surface area (Å²) in [6.07, 6.45) is 3.32. The highest BCUT2D eigenvalue weighted by atomic mass is 19.1. The van der Waals surface area contributed by atoms with Crippen molar-refractivity contribution in [1.82, 2.24) is 0 Å². The van der Waals surface area contributed by atoms with E-state index in [1.807, 2.05) is 6.92 Å². The zero-order valence-electron chi connectivity index (χ0n) is 13.5. The summed E-state index contributed by atoms with van der Waals surface area (Å²) in [5, 5.41) is 0. The first-order valence-electron chi connectivity index (χ1n) is 7.74. The molecule has 1 saturated carbocycles. The molecule has 0 heterocycles. The number of rotatable bonds is 4. The lowest BCUT2D eigenvalue weighted by molar-refractivity contribution is -0.0580. The Morgan fingerprint density at radius 2 is 1.81 bits per heavy atom. The molecule has 0 aliphatic heterocycles. The van der Waals surface area contributed by atoms with Gasteiger partial charge < -0.3 is 4.74 Å². The van der Waals surface area contributed by atoms with Crippen LogP contribution in [0, 0.1) is 18.2 Å². The Morgan fingerprint density at radius 3 is 2.33 bits per heavy atom. The fourth-order valence-electron chi connectivity index (χ4n) is 3.17. The summed E-state index contributed by atoms with van der Waals surface area (Å²) in [4.78, 5) is 12.9. The maximum Gasteiger partial charge on any atom is 0.194 e. The molecule has 0 amide bonds. The molecule has 0 N–H and O–H groups in total. The molecule has 2 nitrogen and oxygen atoms in total. The van der Waals surface area contributed by atoms with Crippen LogP contribution in [-0.2, 0) is 4.74 Å². The number of benzene rings is 1. The van der Waals surface area contributed by atoms with E-state index in [1.165, 1.54) is 12.1 Å². The molecule has 1 aliphatic carbocycles. The van der Waals surface area contributed by atoms with Crippen molar-refractivity contribution < 1.29 is 13.9 Å². The molecular weight excluding hydrogens is 267 g/mol. The van der Waals surface area contributed by atoms with Gasteiger partial charge in [-0.25, -0.2) is 4.39 Å². The van der Waals surface area contributed by atoms with Crippen LogP contribution in [0.25, 0.3) is 0 Å². The van der Waals surface area contributed by atoms with Crippen LogP contribution in [0.4, 0.5) is 4.39 Å². The average molecular weight is 292 g/mol. The Labute approximate surface area is 126 Å². The number of Topliss-reactive ketones (excluding diaryl/α,β-unsaturated/α-hetero) is 1. The molecule has 0 radical (unpaired) electrons. The van der Waals surface area contributed by atoms with Gasteiger partial charge in [0.2, 0.25) is 0 Å². The molecule has 0 aromatic heterocycles. The van der Waals surface area contributed by atoms with E-state index in [-0.39, 0.29) is 17.0 Å². The van der Waals surface area contributed by atoms with Crippen LogP contribution < -0.4 is 0 Å². The molecule has 21 heavy (non-hydrogen) atoms. The Bertz CT molecular complexity index is 504. The van der Waals surface area contributed by atoms with Crippen molar-refractivity contribution in [2.45, 2.75) is 59.0 Å². The van der Waals surface area contributed by atoms with Crippen LogP contribution in [-0.4, -0.2) is 18.0 Å². The number of halogens is 1. The lowest BCUT2D eigenvalue weighted by Crippen LogP contribution is -2.46. The first kappa shape index (κ1) is 16.2. The summed E-state index contributed by atoms with van der Waals surface area (Å²) in [5.74, 6) is -0.427. The SMILES string of the molecule is CCOC1(C(=O)c2cc(C)cc(F)c2)CCC(C)(C)CC1. The van der Waals surface area contributed by atoms with E-state index in [0.29, 0.717) is 25.0 Å². The first-order chi connectivity index (χ1) is 9.78. The number of ketones is 1. The van der Waals surface area contributed by atoms with E-state index in [1.54, 1.807) is 13.0 Å². The van der Waals surface area contributed by atoms with Crippen molar-refractivity contribution in [2.75, 3.05) is 6.61 Å². The fourth-order valence-corrected chi connectivity index (χ4v) is 3.17. The van der Waals surface area contributed by atoms with Gasteiger partial charge in [0.25, 0.3) is 0 Å². The molecule has 0 bridgehead atoms. The summed E-state index contributed by atoms with van der Waals surface area (Å²) in [6, 6.07) is 4.52. The molecular formula is C18H25FO2. The summed E-state index contributed by atoms with van der Waals surface area (Å²) in [6.45, 7) is 8.66. The Hall–Kier alpha value is -1.22. The van der Waals surface area contributed by atoms with E-state index in [9.17, 15) is 9.18 Å². The smallest absolute Gasteiger partial charge is 0.194 e. The quantitative estimate of drug-likeness (QED) is 0.752. The second kappa shape index (κ2) is 5.88. The number of ether oxygens (including phenoxy) is 1. The number of carbonyl (C=O) groups excluding carboxylic acids is 1. The molecule has 0 saturated heterocycles. The normalized spacial score (nSPS) is 20.2. The van der Waals surface area contributed by atoms with Gasteiger partial charge in [0.05, 0.1) is 0 Å². The molecule has 0 atom stereocenters. The minimum absolute atomic E-state index is 0.0672. The van der Waals surface area contributed by atoms with E-state index in [4.69, 9.17) is 4.74 Å². The molecule has 1 aromatic rings. The van der Waals surface area contributed by atoms with Gasteiger partial charge in [-0.2, -0.15) is 0 Å². The summed E-state index contributed by atoms with van der Waals surface area (Å²) in [5.41, 5.74) is 0.672. The van der Waals surface area contributed by atoms with Crippen molar-refractivity contribution in [2.24, 2.45) is 5.41 Å². The zero-order valence-corrected chi connectivity index (χ0v) is 13.5. The highest BCUT2D eigenvalue weighted by Gasteiger charge is 2.45. The fraction of sp³-hybridized carbons (Fsp3) is 0.611. The monoisotopic (exact) mass is 292 g/mol. The predicted octanol–water partition coefficient (Wildman–Crippen LogP) is 4.69. The third-order valence-corrected chi connectivity index (χ3v) is 4.55. The van der Waals surface area contributed by atoms with Crippen molar-refractivity contribution >= 4 is 5.78 Å². The molecule has 2 rings (SSSR count). The van der Waals surface area contributed by atoms with Gasteiger partial charge in [-0.3, -0.25) is 4.79 Å². The maximum atomic E-state index is 13.6. The predicted molar refractivity (Wildman–Crippen MR) is 82.1 cm³/mol. The van der Waals surface area contributed by atoms with Crippen LogP contribution in [0.1, 0.15) is 62.4 Å². The lowest BCUT2D eigenvalue weighted by atomic mass is 9.68. The van der Waals surface area contributed by atoms with Gasteiger partial charge in [-0.15, -0.1) is 0 Å². The second-order valence-corrected chi connectivity index (χ2v) is 6.94. The van der Waals surface area contributed by atoms with E-state index >= 15 is 0 Å². The standard InChI is InChI=1S/C18H25FO2/c1-5-21-18(8-6-17(3,4)7-9-18)16(20)14-10-13(2)11-15(19)12-14/h10-12H,5-9H2,1-4H3. The van der Waals surface area contributed by atoms with Crippen molar-refractivity contribution in [3.05, 3.63) is 35.1 Å². The Balaban J connectivity index is 2.32. The molecule has 1 aromatic carbocycles. The topological polar surface area (TPSA) is 26.3 Å². The van der Waals surface area contributed by atoms with Crippen molar-refractivity contribution in [1.29, 1.82) is 0 Å². The highest BCUT2D eigenvalue weighted by Crippen LogP contribution is 2.43. The maximum absolute atomic E-state index is 13.6. The molecule has 0 unspecified atom stereocenters. The van der Waals surface area contributed by atoms with Crippen LogP contribution >= 0.6 is 0 Å². The van der Waals surface area contributed by atoms with Gasteiger partial charge in [-0.1, -0.05) is 13.8 Å². The minimum Gasteiger partial charge on any atom is -0.367 e. The number of hydrogen-bond acceptors (Lipinski definition) is 2. The lowest BCUT2D eigenvalue weighted by Gasteiger charge is -2.42. The molecule has 116 valence electrons. The summed E-state index contributed by atoms with van der Waals surface area (Å²) >= 11 is 0. The number of carbonyl (C=O) groups is 1. The Morgan fingerprint density at radius 1 is 1.19 bits per heavy atom. The summed E-state index contributed by atoms with van der Waals surface area (Å²) < 4.78 is 19.5. The van der Waals surface area contributed by atoms with Gasteiger partial charge in [-0.05, 0) is 68.7 Å². The molecule has 1 aliphatic rings. The van der Waals surface area contributed by atoms with Crippen LogP contribution in [0.5, 0.6) is 0 Å². The van der Waals surface area contributed by atoms with E-state index in [0.717, 1.165) is 18.4 Å². The van der Waals surface area contributed by atoms with Gasteiger partial charge in [0.1, 0.15) is 11.4 Å². The molecule has 0 spiro atoms. The van der Waals surface area contributed by atoms with Gasteiger partial charge in [0, 0.05) is 12.2 Å². The summed E-state index contributed by atoms with van der Waals surface area (Å²) in [7, 11) is 0. The average Bonchev–Trinajstić information content (AvgIpc) is 2.40. The minimum atomic E-state index is -0.773. The van der Waals surface area contributed by atoms with Crippen LogP contribution in [0.15, 0.2) is 18.2 Å². The molecule has 3 heteroatoms. The second-order valence-electron chi connectivity index (χ2n) is 6.94. The van der Waals surface area contributed by atoms with Gasteiger partial charge in [0.15, 0.2) is 5.78 Å². The zero-order chi connectivity index (χ0) is 15.7. The number of aryl methyl sites for hydroxylation is 1. The van der Waals surface area contributed by atoms with E-state index < -0.39 is 5.60 Å².